The van der Waals surface area contributed by atoms with E-state index in [-0.39, 0.29) is 5.56 Å². The lowest BCUT2D eigenvalue weighted by Gasteiger charge is -2.30. The predicted molar refractivity (Wildman–Crippen MR) is 107 cm³/mol. The average Bonchev–Trinajstić information content (AvgIpc) is 2.69. The second-order valence-corrected chi connectivity index (χ2v) is 7.43. The molecule has 0 saturated carbocycles. The lowest BCUT2D eigenvalue weighted by molar-refractivity contribution is -0.138. The SMILES string of the molecule is COc1cc2c(cc1OCCCN(C)C)C(c1ccccc1C(F)(F)F)NCC2. The molecule has 0 bridgehead atoms. The normalized spacial score (nSPS) is 16.6. The van der Waals surface area contributed by atoms with Gasteiger partial charge in [0.2, 0.25) is 0 Å². The third-order valence-corrected chi connectivity index (χ3v) is 5.06. The number of ether oxygens (including phenoxy) is 2. The maximum Gasteiger partial charge on any atom is 0.416 e. The van der Waals surface area contributed by atoms with Crippen LogP contribution in [0.25, 0.3) is 0 Å². The first-order valence-corrected chi connectivity index (χ1v) is 9.69. The highest BCUT2D eigenvalue weighted by Crippen LogP contribution is 2.41. The highest BCUT2D eigenvalue weighted by molar-refractivity contribution is 5.52. The smallest absolute Gasteiger partial charge is 0.416 e. The van der Waals surface area contributed by atoms with E-state index in [0.717, 1.165) is 36.6 Å². The highest BCUT2D eigenvalue weighted by atomic mass is 19.4. The Kier molecular flexibility index (Phi) is 6.70. The summed E-state index contributed by atoms with van der Waals surface area (Å²) in [6, 6.07) is 8.90. The summed E-state index contributed by atoms with van der Waals surface area (Å²) in [6.45, 7) is 1.98. The van der Waals surface area contributed by atoms with Gasteiger partial charge >= 0.3 is 6.18 Å². The zero-order valence-electron chi connectivity index (χ0n) is 17.0. The maximum absolute atomic E-state index is 13.6. The van der Waals surface area contributed by atoms with Crippen molar-refractivity contribution >= 4 is 0 Å². The predicted octanol–water partition coefficient (Wildman–Crippen LogP) is 4.28. The Morgan fingerprint density at radius 1 is 1.10 bits per heavy atom. The van der Waals surface area contributed by atoms with E-state index in [4.69, 9.17) is 9.47 Å². The highest BCUT2D eigenvalue weighted by Gasteiger charge is 2.36. The largest absolute Gasteiger partial charge is 0.493 e. The molecule has 2 aromatic carbocycles. The monoisotopic (exact) mass is 408 g/mol. The van der Waals surface area contributed by atoms with E-state index >= 15 is 0 Å². The summed E-state index contributed by atoms with van der Waals surface area (Å²) < 4.78 is 52.1. The molecule has 2 aromatic rings. The van der Waals surface area contributed by atoms with Gasteiger partial charge in [-0.1, -0.05) is 18.2 Å². The van der Waals surface area contributed by atoms with Crippen molar-refractivity contribution in [3.05, 3.63) is 58.7 Å². The molecule has 1 aliphatic rings. The number of halogens is 3. The summed E-state index contributed by atoms with van der Waals surface area (Å²) in [5.41, 5.74) is 1.39. The van der Waals surface area contributed by atoms with Gasteiger partial charge in [0.15, 0.2) is 11.5 Å². The number of nitrogens with zero attached hydrogens (tertiary/aromatic N) is 1. The van der Waals surface area contributed by atoms with Gasteiger partial charge in [-0.15, -0.1) is 0 Å². The Labute approximate surface area is 169 Å². The first kappa shape index (κ1) is 21.5. The summed E-state index contributed by atoms with van der Waals surface area (Å²) >= 11 is 0. The molecule has 1 aliphatic heterocycles. The molecular weight excluding hydrogens is 381 g/mol. The number of methoxy groups -OCH3 is 1. The molecule has 0 aliphatic carbocycles. The molecule has 1 atom stereocenters. The first-order valence-electron chi connectivity index (χ1n) is 9.69. The van der Waals surface area contributed by atoms with Gasteiger partial charge in [-0.05, 0) is 61.8 Å². The van der Waals surface area contributed by atoms with Crippen molar-refractivity contribution in [2.24, 2.45) is 0 Å². The molecule has 4 nitrogen and oxygen atoms in total. The molecular formula is C22H27F3N2O2. The molecule has 29 heavy (non-hydrogen) atoms. The zero-order valence-corrected chi connectivity index (χ0v) is 17.0. The molecule has 0 fully saturated rings. The molecule has 0 amide bonds. The number of fused-ring (bicyclic) bond motifs is 1. The summed E-state index contributed by atoms with van der Waals surface area (Å²) in [5, 5.41) is 3.25. The maximum atomic E-state index is 13.6. The number of hydrogen-bond donors (Lipinski definition) is 1. The first-order chi connectivity index (χ1) is 13.8. The van der Waals surface area contributed by atoms with Crippen LogP contribution in [-0.2, 0) is 12.6 Å². The van der Waals surface area contributed by atoms with E-state index in [1.54, 1.807) is 13.2 Å². The summed E-state index contributed by atoms with van der Waals surface area (Å²) in [4.78, 5) is 2.07. The van der Waals surface area contributed by atoms with Crippen molar-refractivity contribution in [2.45, 2.75) is 25.1 Å². The molecule has 0 aromatic heterocycles. The van der Waals surface area contributed by atoms with E-state index in [0.29, 0.717) is 24.7 Å². The fourth-order valence-electron chi connectivity index (χ4n) is 3.68. The number of benzene rings is 2. The second-order valence-electron chi connectivity index (χ2n) is 7.43. The topological polar surface area (TPSA) is 33.7 Å². The molecule has 7 heteroatoms. The summed E-state index contributed by atoms with van der Waals surface area (Å²) in [6.07, 6.45) is -2.85. The van der Waals surface area contributed by atoms with Crippen molar-refractivity contribution in [2.75, 3.05) is 40.9 Å². The third kappa shape index (κ3) is 5.03. The van der Waals surface area contributed by atoms with E-state index in [1.165, 1.54) is 12.1 Å². The minimum Gasteiger partial charge on any atom is -0.493 e. The van der Waals surface area contributed by atoms with Gasteiger partial charge in [0.05, 0.1) is 25.3 Å². The number of nitrogens with one attached hydrogen (secondary N) is 1. The Morgan fingerprint density at radius 2 is 1.86 bits per heavy atom. The van der Waals surface area contributed by atoms with Gasteiger partial charge < -0.3 is 19.7 Å². The van der Waals surface area contributed by atoms with Gasteiger partial charge in [-0.2, -0.15) is 13.2 Å². The zero-order chi connectivity index (χ0) is 21.0. The van der Waals surface area contributed by atoms with Crippen LogP contribution in [0.2, 0.25) is 0 Å². The minimum absolute atomic E-state index is 0.227. The summed E-state index contributed by atoms with van der Waals surface area (Å²) in [7, 11) is 5.56. The van der Waals surface area contributed by atoms with Crippen LogP contribution in [-0.4, -0.2) is 45.8 Å². The van der Waals surface area contributed by atoms with E-state index in [9.17, 15) is 13.2 Å². The van der Waals surface area contributed by atoms with E-state index in [1.807, 2.05) is 26.2 Å². The lowest BCUT2D eigenvalue weighted by atomic mass is 9.87. The quantitative estimate of drug-likeness (QED) is 0.694. The molecule has 1 heterocycles. The molecule has 0 saturated heterocycles. The van der Waals surface area contributed by atoms with Crippen molar-refractivity contribution in [3.8, 4) is 11.5 Å². The van der Waals surface area contributed by atoms with Gasteiger partial charge in [-0.25, -0.2) is 0 Å². The standard InChI is InChI=1S/C22H27F3N2O2/c1-27(2)11-6-12-29-20-14-17-15(13-19(20)28-3)9-10-26-21(17)16-7-4-5-8-18(16)22(23,24)25/h4-5,7-8,13-14,21,26H,6,9-12H2,1-3H3. The van der Waals surface area contributed by atoms with Crippen LogP contribution < -0.4 is 14.8 Å². The van der Waals surface area contributed by atoms with Crippen molar-refractivity contribution in [1.82, 2.24) is 10.2 Å². The fraction of sp³-hybridized carbons (Fsp3) is 0.455. The van der Waals surface area contributed by atoms with Gasteiger partial charge in [-0.3, -0.25) is 0 Å². The van der Waals surface area contributed by atoms with Crippen LogP contribution in [0.5, 0.6) is 11.5 Å². The van der Waals surface area contributed by atoms with Crippen LogP contribution in [0, 0.1) is 0 Å². The van der Waals surface area contributed by atoms with Crippen LogP contribution in [0.3, 0.4) is 0 Å². The molecule has 0 radical (unpaired) electrons. The van der Waals surface area contributed by atoms with Gasteiger partial charge in [0.25, 0.3) is 0 Å². The Balaban J connectivity index is 1.95. The third-order valence-electron chi connectivity index (χ3n) is 5.06. The van der Waals surface area contributed by atoms with Crippen molar-refractivity contribution < 1.29 is 22.6 Å². The van der Waals surface area contributed by atoms with Crippen LogP contribution in [0.4, 0.5) is 13.2 Å². The molecule has 1 N–H and O–H groups in total. The number of alkyl halides is 3. The van der Waals surface area contributed by atoms with Gasteiger partial charge in [0.1, 0.15) is 0 Å². The average molecular weight is 408 g/mol. The van der Waals surface area contributed by atoms with Crippen molar-refractivity contribution in [3.63, 3.8) is 0 Å². The Morgan fingerprint density at radius 3 is 2.55 bits per heavy atom. The van der Waals surface area contributed by atoms with Gasteiger partial charge in [0, 0.05) is 13.1 Å². The molecule has 0 spiro atoms. The lowest BCUT2D eigenvalue weighted by Crippen LogP contribution is -2.32. The fourth-order valence-corrected chi connectivity index (χ4v) is 3.68. The Bertz CT molecular complexity index is 837. The second kappa shape index (κ2) is 9.05. The summed E-state index contributed by atoms with van der Waals surface area (Å²) in [5.74, 6) is 1.17. The van der Waals surface area contributed by atoms with Crippen molar-refractivity contribution in [1.29, 1.82) is 0 Å². The number of hydrogen-bond acceptors (Lipinski definition) is 4. The van der Waals surface area contributed by atoms with Crippen LogP contribution >= 0.6 is 0 Å². The Hall–Kier alpha value is -2.25. The van der Waals surface area contributed by atoms with E-state index < -0.39 is 17.8 Å². The molecule has 3 rings (SSSR count). The van der Waals surface area contributed by atoms with Crippen LogP contribution in [0.15, 0.2) is 36.4 Å². The molecule has 1 unspecified atom stereocenters. The molecule has 158 valence electrons. The van der Waals surface area contributed by atoms with E-state index in [2.05, 4.69) is 10.2 Å². The number of rotatable bonds is 7. The minimum atomic E-state index is -4.41. The van der Waals surface area contributed by atoms with Crippen LogP contribution in [0.1, 0.15) is 34.7 Å².